The maximum absolute atomic E-state index is 12.0. The van der Waals surface area contributed by atoms with Gasteiger partial charge in [-0.3, -0.25) is 4.79 Å². The minimum Gasteiger partial charge on any atom is -0.352 e. The van der Waals surface area contributed by atoms with Crippen molar-refractivity contribution in [1.29, 1.82) is 0 Å². The first-order valence-electron chi connectivity index (χ1n) is 6.81. The average molecular weight is 245 g/mol. The largest absolute Gasteiger partial charge is 0.352 e. The van der Waals surface area contributed by atoms with Crippen LogP contribution in [0.15, 0.2) is 24.3 Å². The summed E-state index contributed by atoms with van der Waals surface area (Å²) in [6.45, 7) is 7.47. The van der Waals surface area contributed by atoms with Crippen molar-refractivity contribution >= 4 is 5.91 Å². The molecule has 1 aromatic rings. The van der Waals surface area contributed by atoms with Gasteiger partial charge in [0, 0.05) is 12.1 Å². The van der Waals surface area contributed by atoms with E-state index in [2.05, 4.69) is 19.2 Å². The zero-order valence-corrected chi connectivity index (χ0v) is 11.6. The number of rotatable bonds is 3. The first-order valence-corrected chi connectivity index (χ1v) is 6.81. The van der Waals surface area contributed by atoms with Crippen LogP contribution in [0.5, 0.6) is 0 Å². The average Bonchev–Trinajstić information content (AvgIpc) is 2.67. The molecule has 0 spiro atoms. The van der Waals surface area contributed by atoms with Crippen LogP contribution in [0, 0.1) is 18.3 Å². The second kappa shape index (κ2) is 5.13. The van der Waals surface area contributed by atoms with E-state index in [-0.39, 0.29) is 5.91 Å². The quantitative estimate of drug-likeness (QED) is 0.867. The molecule has 0 bridgehead atoms. The van der Waals surface area contributed by atoms with Crippen LogP contribution in [0.2, 0.25) is 0 Å². The second-order valence-electron chi connectivity index (χ2n) is 6.35. The van der Waals surface area contributed by atoms with Crippen LogP contribution in [0.1, 0.15) is 49.0 Å². The summed E-state index contributed by atoms with van der Waals surface area (Å²) in [5.74, 6) is 0.703. The highest BCUT2D eigenvalue weighted by atomic mass is 16.1. The monoisotopic (exact) mass is 245 g/mol. The minimum absolute atomic E-state index is 0.0553. The van der Waals surface area contributed by atoms with E-state index in [1.165, 1.54) is 24.8 Å². The third kappa shape index (κ3) is 3.34. The van der Waals surface area contributed by atoms with Crippen LogP contribution < -0.4 is 5.32 Å². The van der Waals surface area contributed by atoms with E-state index < -0.39 is 0 Å². The fourth-order valence-corrected chi connectivity index (χ4v) is 2.80. The van der Waals surface area contributed by atoms with Crippen molar-refractivity contribution < 1.29 is 4.79 Å². The van der Waals surface area contributed by atoms with Crippen LogP contribution in [0.3, 0.4) is 0 Å². The normalized spacial score (nSPS) is 21.8. The smallest absolute Gasteiger partial charge is 0.251 e. The van der Waals surface area contributed by atoms with Crippen molar-refractivity contribution in [3.63, 3.8) is 0 Å². The van der Waals surface area contributed by atoms with E-state index in [1.807, 2.05) is 31.2 Å². The van der Waals surface area contributed by atoms with Crippen molar-refractivity contribution in [2.45, 2.75) is 40.0 Å². The number of carbonyl (C=O) groups excluding carboxylic acids is 1. The SMILES string of the molecule is Cc1ccc(C(=O)NCC2CCC(C)(C)C2)cc1. The van der Waals surface area contributed by atoms with Gasteiger partial charge in [0.2, 0.25) is 0 Å². The molecule has 0 aliphatic heterocycles. The molecule has 2 heteroatoms. The summed E-state index contributed by atoms with van der Waals surface area (Å²) in [7, 11) is 0. The Labute approximate surface area is 110 Å². The van der Waals surface area contributed by atoms with Crippen LogP contribution in [0.25, 0.3) is 0 Å². The van der Waals surface area contributed by atoms with E-state index in [4.69, 9.17) is 0 Å². The summed E-state index contributed by atoms with van der Waals surface area (Å²) in [5.41, 5.74) is 2.40. The van der Waals surface area contributed by atoms with Gasteiger partial charge >= 0.3 is 0 Å². The number of benzene rings is 1. The summed E-state index contributed by atoms with van der Waals surface area (Å²) >= 11 is 0. The molecule has 1 aliphatic carbocycles. The first-order chi connectivity index (χ1) is 8.46. The Hall–Kier alpha value is -1.31. The van der Waals surface area contributed by atoms with Gasteiger partial charge in [-0.25, -0.2) is 0 Å². The van der Waals surface area contributed by atoms with Gasteiger partial charge in [-0.15, -0.1) is 0 Å². The maximum Gasteiger partial charge on any atom is 0.251 e. The molecule has 18 heavy (non-hydrogen) atoms. The molecule has 2 rings (SSSR count). The lowest BCUT2D eigenvalue weighted by Gasteiger charge is -2.17. The van der Waals surface area contributed by atoms with Crippen molar-refractivity contribution in [2.24, 2.45) is 11.3 Å². The predicted octanol–water partition coefficient (Wildman–Crippen LogP) is 3.55. The maximum atomic E-state index is 12.0. The van der Waals surface area contributed by atoms with Gasteiger partial charge in [0.05, 0.1) is 0 Å². The molecule has 98 valence electrons. The minimum atomic E-state index is 0.0553. The number of nitrogens with one attached hydrogen (secondary N) is 1. The molecule has 0 radical (unpaired) electrons. The highest BCUT2D eigenvalue weighted by Crippen LogP contribution is 2.40. The molecule has 1 atom stereocenters. The number of hydrogen-bond acceptors (Lipinski definition) is 1. The molecule has 1 unspecified atom stereocenters. The molecule has 0 heterocycles. The third-order valence-electron chi connectivity index (χ3n) is 3.94. The molecule has 1 amide bonds. The van der Waals surface area contributed by atoms with Gasteiger partial charge in [0.15, 0.2) is 0 Å². The highest BCUT2D eigenvalue weighted by molar-refractivity contribution is 5.94. The molecule has 0 aromatic heterocycles. The second-order valence-corrected chi connectivity index (χ2v) is 6.35. The Morgan fingerprint density at radius 1 is 1.33 bits per heavy atom. The molecular formula is C16H23NO. The van der Waals surface area contributed by atoms with Crippen molar-refractivity contribution in [3.8, 4) is 0 Å². The molecule has 1 aliphatic rings. The summed E-state index contributed by atoms with van der Waals surface area (Å²) in [5, 5.41) is 3.06. The summed E-state index contributed by atoms with van der Waals surface area (Å²) in [4.78, 5) is 12.0. The van der Waals surface area contributed by atoms with Gasteiger partial charge in [-0.05, 0) is 49.7 Å². The molecule has 1 fully saturated rings. The Morgan fingerprint density at radius 3 is 2.56 bits per heavy atom. The zero-order chi connectivity index (χ0) is 13.2. The van der Waals surface area contributed by atoms with E-state index in [1.54, 1.807) is 0 Å². The lowest BCUT2D eigenvalue weighted by Crippen LogP contribution is -2.28. The van der Waals surface area contributed by atoms with Crippen LogP contribution >= 0.6 is 0 Å². The number of hydrogen-bond donors (Lipinski definition) is 1. The molecular weight excluding hydrogens is 222 g/mol. The lowest BCUT2D eigenvalue weighted by molar-refractivity contribution is 0.0946. The van der Waals surface area contributed by atoms with Crippen molar-refractivity contribution in [3.05, 3.63) is 35.4 Å². The highest BCUT2D eigenvalue weighted by Gasteiger charge is 2.30. The number of carbonyl (C=O) groups is 1. The topological polar surface area (TPSA) is 29.1 Å². The van der Waals surface area contributed by atoms with Crippen LogP contribution in [-0.4, -0.2) is 12.5 Å². The summed E-state index contributed by atoms with van der Waals surface area (Å²) in [6, 6.07) is 7.74. The summed E-state index contributed by atoms with van der Waals surface area (Å²) < 4.78 is 0. The number of amides is 1. The fraction of sp³-hybridized carbons (Fsp3) is 0.562. The van der Waals surface area contributed by atoms with E-state index in [0.717, 1.165) is 12.1 Å². The first kappa shape index (κ1) is 13.1. The fourth-order valence-electron chi connectivity index (χ4n) is 2.80. The van der Waals surface area contributed by atoms with E-state index in [0.29, 0.717) is 11.3 Å². The molecule has 1 N–H and O–H groups in total. The number of aryl methyl sites for hydroxylation is 1. The van der Waals surface area contributed by atoms with Gasteiger partial charge < -0.3 is 5.32 Å². The predicted molar refractivity (Wildman–Crippen MR) is 74.6 cm³/mol. The van der Waals surface area contributed by atoms with Gasteiger partial charge in [-0.2, -0.15) is 0 Å². The van der Waals surface area contributed by atoms with Crippen LogP contribution in [0.4, 0.5) is 0 Å². The van der Waals surface area contributed by atoms with Crippen LogP contribution in [-0.2, 0) is 0 Å². The third-order valence-corrected chi connectivity index (χ3v) is 3.94. The lowest BCUT2D eigenvalue weighted by atomic mass is 9.90. The molecule has 2 nitrogen and oxygen atoms in total. The standard InChI is InChI=1S/C16H23NO/c1-12-4-6-14(7-5-12)15(18)17-11-13-8-9-16(2,3)10-13/h4-7,13H,8-11H2,1-3H3,(H,17,18). The Morgan fingerprint density at radius 2 is 2.00 bits per heavy atom. The van der Waals surface area contributed by atoms with E-state index in [9.17, 15) is 4.79 Å². The molecule has 1 aromatic carbocycles. The molecule has 0 saturated heterocycles. The van der Waals surface area contributed by atoms with Crippen molar-refractivity contribution in [1.82, 2.24) is 5.32 Å². The zero-order valence-electron chi connectivity index (χ0n) is 11.6. The van der Waals surface area contributed by atoms with Gasteiger partial charge in [-0.1, -0.05) is 31.5 Å². The van der Waals surface area contributed by atoms with Crippen molar-refractivity contribution in [2.75, 3.05) is 6.54 Å². The van der Waals surface area contributed by atoms with Gasteiger partial charge in [0.1, 0.15) is 0 Å². The Balaban J connectivity index is 1.84. The Kier molecular flexibility index (Phi) is 3.74. The van der Waals surface area contributed by atoms with E-state index >= 15 is 0 Å². The summed E-state index contributed by atoms with van der Waals surface area (Å²) in [6.07, 6.45) is 3.74. The van der Waals surface area contributed by atoms with Gasteiger partial charge in [0.25, 0.3) is 5.91 Å². The molecule has 1 saturated carbocycles. The Bertz CT molecular complexity index is 419.